The summed E-state index contributed by atoms with van der Waals surface area (Å²) in [5.74, 6) is -1.02. The van der Waals surface area contributed by atoms with Gasteiger partial charge in [0.05, 0.1) is 32.4 Å². The highest BCUT2D eigenvalue weighted by molar-refractivity contribution is 5.90. The number of amides is 2. The van der Waals surface area contributed by atoms with Crippen LogP contribution >= 0.6 is 0 Å². The van der Waals surface area contributed by atoms with Crippen molar-refractivity contribution >= 4 is 23.7 Å². The Balaban J connectivity index is 1.65. The van der Waals surface area contributed by atoms with E-state index >= 15 is 0 Å². The van der Waals surface area contributed by atoms with E-state index in [9.17, 15) is 18.8 Å². The molecule has 0 aromatic heterocycles. The normalized spacial score (nSPS) is 15.5. The lowest BCUT2D eigenvalue weighted by Crippen LogP contribution is -2.33. The molecule has 0 unspecified atom stereocenters. The summed E-state index contributed by atoms with van der Waals surface area (Å²) in [4.78, 5) is 35.6. The van der Waals surface area contributed by atoms with Gasteiger partial charge >= 0.3 is 12.1 Å². The number of carbonyl (C=O) groups is 3. The number of methoxy groups -OCH3 is 1. The lowest BCUT2D eigenvalue weighted by Gasteiger charge is -2.15. The first-order chi connectivity index (χ1) is 14.9. The average Bonchev–Trinajstić information content (AvgIpc) is 3.13. The van der Waals surface area contributed by atoms with Crippen LogP contribution in [0, 0.1) is 5.82 Å². The van der Waals surface area contributed by atoms with E-state index < -0.39 is 18.0 Å². The van der Waals surface area contributed by atoms with Gasteiger partial charge in [-0.1, -0.05) is 24.3 Å². The maximum absolute atomic E-state index is 14.8. The molecule has 1 aliphatic rings. The van der Waals surface area contributed by atoms with Crippen LogP contribution < -0.4 is 15.5 Å². The molecule has 0 bridgehead atoms. The molecule has 8 nitrogen and oxygen atoms in total. The van der Waals surface area contributed by atoms with Crippen LogP contribution in [-0.2, 0) is 25.6 Å². The molecule has 1 heterocycles. The zero-order valence-corrected chi connectivity index (χ0v) is 17.3. The number of carbonyl (C=O) groups excluding carboxylic acids is 3. The standard InChI is InChI=1S/C22H24FN3O5/c1-14(27)25-11-18-13-26(22(29)31-18)17-7-8-19(20(23)9-17)16-5-3-15(4-6-16)10-24-12-21(28)30-2/h3-9,18,24H,10-13H2,1-2H3,(H,25,27)/t18-/m0/s1. The van der Waals surface area contributed by atoms with Crippen molar-refractivity contribution in [3.05, 3.63) is 53.8 Å². The molecule has 0 spiro atoms. The fourth-order valence-corrected chi connectivity index (χ4v) is 3.19. The van der Waals surface area contributed by atoms with Crippen LogP contribution in [0.3, 0.4) is 0 Å². The molecular formula is C22H24FN3O5. The van der Waals surface area contributed by atoms with Gasteiger partial charge in [0, 0.05) is 19.0 Å². The SMILES string of the molecule is COC(=O)CNCc1ccc(-c2ccc(N3C[C@H](CNC(C)=O)OC3=O)cc2F)cc1. The van der Waals surface area contributed by atoms with Crippen LogP contribution in [0.25, 0.3) is 11.1 Å². The highest BCUT2D eigenvalue weighted by atomic mass is 19.1. The quantitative estimate of drug-likeness (QED) is 0.625. The van der Waals surface area contributed by atoms with Gasteiger partial charge in [-0.05, 0) is 29.3 Å². The van der Waals surface area contributed by atoms with Crippen molar-refractivity contribution in [1.29, 1.82) is 0 Å². The van der Waals surface area contributed by atoms with E-state index in [-0.39, 0.29) is 31.5 Å². The van der Waals surface area contributed by atoms with Gasteiger partial charge in [0.25, 0.3) is 0 Å². The van der Waals surface area contributed by atoms with Gasteiger partial charge in [0.1, 0.15) is 11.9 Å². The number of halogens is 1. The number of nitrogens with zero attached hydrogens (tertiary/aromatic N) is 1. The summed E-state index contributed by atoms with van der Waals surface area (Å²) in [5, 5.41) is 5.57. The minimum Gasteiger partial charge on any atom is -0.468 e. The lowest BCUT2D eigenvalue weighted by atomic mass is 10.0. The molecule has 164 valence electrons. The van der Waals surface area contributed by atoms with Crippen molar-refractivity contribution in [2.45, 2.75) is 19.6 Å². The fourth-order valence-electron chi connectivity index (χ4n) is 3.19. The van der Waals surface area contributed by atoms with E-state index in [1.165, 1.54) is 25.0 Å². The number of hydrogen-bond donors (Lipinski definition) is 2. The molecule has 9 heteroatoms. The molecule has 1 aliphatic heterocycles. The Morgan fingerprint density at radius 3 is 2.61 bits per heavy atom. The summed E-state index contributed by atoms with van der Waals surface area (Å²) in [6, 6.07) is 11.8. The minimum absolute atomic E-state index is 0.110. The number of rotatable bonds is 8. The molecule has 0 radical (unpaired) electrons. The largest absolute Gasteiger partial charge is 0.468 e. The predicted octanol–water partition coefficient (Wildman–Crippen LogP) is 2.22. The third-order valence-electron chi connectivity index (χ3n) is 4.81. The van der Waals surface area contributed by atoms with Crippen molar-refractivity contribution in [2.75, 3.05) is 31.6 Å². The number of esters is 1. The molecule has 2 aromatic carbocycles. The summed E-state index contributed by atoms with van der Waals surface area (Å²) in [6.07, 6.45) is -1.06. The average molecular weight is 429 g/mol. The van der Waals surface area contributed by atoms with Crippen LogP contribution in [-0.4, -0.2) is 50.8 Å². The molecule has 2 amide bonds. The molecule has 2 N–H and O–H groups in total. The van der Waals surface area contributed by atoms with Crippen LogP contribution in [0.2, 0.25) is 0 Å². The summed E-state index contributed by atoms with van der Waals surface area (Å²) in [7, 11) is 1.33. The van der Waals surface area contributed by atoms with Crippen LogP contribution in [0.5, 0.6) is 0 Å². The molecule has 3 rings (SSSR count). The second-order valence-electron chi connectivity index (χ2n) is 7.09. The third-order valence-corrected chi connectivity index (χ3v) is 4.81. The van der Waals surface area contributed by atoms with Gasteiger partial charge in [0.15, 0.2) is 0 Å². The van der Waals surface area contributed by atoms with Gasteiger partial charge in [-0.2, -0.15) is 0 Å². The summed E-state index contributed by atoms with van der Waals surface area (Å²) in [5.41, 5.74) is 2.42. The Kier molecular flexibility index (Phi) is 7.19. The highest BCUT2D eigenvalue weighted by Gasteiger charge is 2.32. The molecule has 1 saturated heterocycles. The predicted molar refractivity (Wildman–Crippen MR) is 112 cm³/mol. The first-order valence-corrected chi connectivity index (χ1v) is 9.76. The molecular weight excluding hydrogens is 405 g/mol. The minimum atomic E-state index is -0.577. The maximum Gasteiger partial charge on any atom is 0.414 e. The van der Waals surface area contributed by atoms with Crippen molar-refractivity contribution in [2.24, 2.45) is 0 Å². The Morgan fingerprint density at radius 1 is 1.23 bits per heavy atom. The van der Waals surface area contributed by atoms with Gasteiger partial charge in [-0.15, -0.1) is 0 Å². The van der Waals surface area contributed by atoms with E-state index in [1.807, 2.05) is 12.1 Å². The van der Waals surface area contributed by atoms with E-state index in [4.69, 9.17) is 4.74 Å². The Morgan fingerprint density at radius 2 is 1.97 bits per heavy atom. The monoisotopic (exact) mass is 429 g/mol. The molecule has 1 fully saturated rings. The number of benzene rings is 2. The second kappa shape index (κ2) is 10.0. The van der Waals surface area contributed by atoms with Crippen molar-refractivity contribution < 1.29 is 28.2 Å². The third kappa shape index (κ3) is 5.79. The Bertz CT molecular complexity index is 964. The molecule has 0 saturated carbocycles. The zero-order chi connectivity index (χ0) is 22.4. The number of hydrogen-bond acceptors (Lipinski definition) is 6. The highest BCUT2D eigenvalue weighted by Crippen LogP contribution is 2.29. The number of anilines is 1. The molecule has 1 atom stereocenters. The van der Waals surface area contributed by atoms with Crippen molar-refractivity contribution in [3.63, 3.8) is 0 Å². The second-order valence-corrected chi connectivity index (χ2v) is 7.09. The van der Waals surface area contributed by atoms with E-state index in [1.54, 1.807) is 24.3 Å². The van der Waals surface area contributed by atoms with E-state index in [0.29, 0.717) is 23.4 Å². The van der Waals surface area contributed by atoms with Gasteiger partial charge in [-0.25, -0.2) is 9.18 Å². The van der Waals surface area contributed by atoms with Crippen LogP contribution in [0.1, 0.15) is 12.5 Å². The summed E-state index contributed by atoms with van der Waals surface area (Å²) >= 11 is 0. The number of ether oxygens (including phenoxy) is 2. The molecule has 0 aliphatic carbocycles. The van der Waals surface area contributed by atoms with E-state index in [2.05, 4.69) is 15.4 Å². The lowest BCUT2D eigenvalue weighted by molar-refractivity contribution is -0.139. The number of nitrogens with one attached hydrogen (secondary N) is 2. The van der Waals surface area contributed by atoms with Crippen LogP contribution in [0.4, 0.5) is 14.9 Å². The van der Waals surface area contributed by atoms with Crippen molar-refractivity contribution in [3.8, 4) is 11.1 Å². The van der Waals surface area contributed by atoms with Crippen LogP contribution in [0.15, 0.2) is 42.5 Å². The van der Waals surface area contributed by atoms with Crippen molar-refractivity contribution in [1.82, 2.24) is 10.6 Å². The first kappa shape index (κ1) is 22.2. The number of cyclic esters (lactones) is 1. The maximum atomic E-state index is 14.8. The zero-order valence-electron chi connectivity index (χ0n) is 17.3. The van der Waals surface area contributed by atoms with E-state index in [0.717, 1.165) is 5.56 Å². The van der Waals surface area contributed by atoms with Gasteiger partial charge in [-0.3, -0.25) is 14.5 Å². The summed E-state index contributed by atoms with van der Waals surface area (Å²) in [6.45, 7) is 2.41. The fraction of sp³-hybridized carbons (Fsp3) is 0.318. The smallest absolute Gasteiger partial charge is 0.414 e. The molecule has 31 heavy (non-hydrogen) atoms. The first-order valence-electron chi connectivity index (χ1n) is 9.76. The Hall–Kier alpha value is -3.46. The Labute approximate surface area is 179 Å². The molecule has 2 aromatic rings. The summed E-state index contributed by atoms with van der Waals surface area (Å²) < 4.78 is 24.6. The van der Waals surface area contributed by atoms with Gasteiger partial charge < -0.3 is 20.1 Å². The topological polar surface area (TPSA) is 97.0 Å². The van der Waals surface area contributed by atoms with Gasteiger partial charge in [0.2, 0.25) is 5.91 Å².